The van der Waals surface area contributed by atoms with Crippen molar-refractivity contribution in [2.75, 3.05) is 0 Å². The Kier molecular flexibility index (Phi) is 4.48. The van der Waals surface area contributed by atoms with Gasteiger partial charge < -0.3 is 5.11 Å². The number of hydrogen-bond donors (Lipinski definition) is 1. The molecule has 0 saturated heterocycles. The standard InChI is InChI=1S/C37H26O/c1-22-32-19-23-9-3-5-12-26(23)34(32)21-35(29-17-18-36(38)30-14-7-6-13-28(29)30)37(22)31-16-8-15-27-25-11-4-2-10-24(25)20-33(27)31/h2-18,21,38H,19-20H2,1H3. The van der Waals surface area contributed by atoms with E-state index in [0.717, 1.165) is 29.2 Å². The number of fused-ring (bicyclic) bond motifs is 7. The number of benzene rings is 6. The third kappa shape index (κ3) is 2.93. The molecule has 0 aromatic heterocycles. The van der Waals surface area contributed by atoms with Crippen molar-refractivity contribution in [3.63, 3.8) is 0 Å². The van der Waals surface area contributed by atoms with Crippen LogP contribution in [0.15, 0.2) is 109 Å². The van der Waals surface area contributed by atoms with Crippen LogP contribution in [0.25, 0.3) is 55.3 Å². The number of aromatic hydroxyl groups is 1. The summed E-state index contributed by atoms with van der Waals surface area (Å²) in [6.45, 7) is 2.31. The molecule has 2 aliphatic rings. The first kappa shape index (κ1) is 21.5. The normalized spacial score (nSPS) is 12.8. The molecule has 1 nitrogen and oxygen atoms in total. The Morgan fingerprint density at radius 3 is 1.87 bits per heavy atom. The summed E-state index contributed by atoms with van der Waals surface area (Å²) in [7, 11) is 0. The van der Waals surface area contributed by atoms with Gasteiger partial charge in [-0.2, -0.15) is 0 Å². The fourth-order valence-electron chi connectivity index (χ4n) is 6.92. The van der Waals surface area contributed by atoms with Gasteiger partial charge in [0.05, 0.1) is 0 Å². The van der Waals surface area contributed by atoms with Gasteiger partial charge in [-0.1, -0.05) is 97.1 Å². The largest absolute Gasteiger partial charge is 0.507 e. The molecule has 0 aliphatic heterocycles. The fraction of sp³-hybridized carbons (Fsp3) is 0.0811. The Morgan fingerprint density at radius 2 is 1.08 bits per heavy atom. The maximum absolute atomic E-state index is 10.7. The van der Waals surface area contributed by atoms with E-state index in [2.05, 4.69) is 97.9 Å². The van der Waals surface area contributed by atoms with Crippen molar-refractivity contribution in [3.05, 3.63) is 137 Å². The first-order chi connectivity index (χ1) is 18.7. The van der Waals surface area contributed by atoms with E-state index in [-0.39, 0.29) is 0 Å². The molecule has 1 heteroatoms. The quantitative estimate of drug-likeness (QED) is 0.258. The highest BCUT2D eigenvalue weighted by atomic mass is 16.3. The van der Waals surface area contributed by atoms with Crippen molar-refractivity contribution >= 4 is 10.8 Å². The van der Waals surface area contributed by atoms with Crippen molar-refractivity contribution in [2.24, 2.45) is 0 Å². The van der Waals surface area contributed by atoms with Crippen molar-refractivity contribution in [1.29, 1.82) is 0 Å². The predicted molar refractivity (Wildman–Crippen MR) is 158 cm³/mol. The molecule has 0 fully saturated rings. The number of rotatable bonds is 2. The summed E-state index contributed by atoms with van der Waals surface area (Å²) in [6, 6.07) is 39.0. The second-order valence-electron chi connectivity index (χ2n) is 10.6. The van der Waals surface area contributed by atoms with Crippen LogP contribution in [0.4, 0.5) is 0 Å². The second kappa shape index (κ2) is 7.94. The Morgan fingerprint density at radius 1 is 0.474 bits per heavy atom. The summed E-state index contributed by atoms with van der Waals surface area (Å²) in [5.41, 5.74) is 17.4. The fourth-order valence-corrected chi connectivity index (χ4v) is 6.92. The lowest BCUT2D eigenvalue weighted by molar-refractivity contribution is 0.481. The number of phenolic OH excluding ortho intramolecular Hbond substituents is 1. The summed E-state index contributed by atoms with van der Waals surface area (Å²) in [4.78, 5) is 0. The van der Waals surface area contributed by atoms with E-state index in [4.69, 9.17) is 0 Å². The SMILES string of the molecule is Cc1c2c(cc(-c3ccc(O)c4ccccc34)c1-c1cccc3c1Cc1ccccc1-3)-c1ccccc1C2. The molecule has 1 N–H and O–H groups in total. The molecule has 6 aromatic rings. The van der Waals surface area contributed by atoms with E-state index >= 15 is 0 Å². The Bertz CT molecular complexity index is 1940. The average Bonchev–Trinajstić information content (AvgIpc) is 3.53. The van der Waals surface area contributed by atoms with Crippen LogP contribution >= 0.6 is 0 Å². The van der Waals surface area contributed by atoms with Crippen LogP contribution in [-0.4, -0.2) is 5.11 Å². The van der Waals surface area contributed by atoms with Gasteiger partial charge in [0.15, 0.2) is 0 Å². The molecular weight excluding hydrogens is 460 g/mol. The molecule has 0 heterocycles. The highest BCUT2D eigenvalue weighted by Gasteiger charge is 2.28. The van der Waals surface area contributed by atoms with Crippen LogP contribution in [0.3, 0.4) is 0 Å². The first-order valence-electron chi connectivity index (χ1n) is 13.4. The minimum absolute atomic E-state index is 0.324. The van der Waals surface area contributed by atoms with Crippen LogP contribution in [0.5, 0.6) is 5.75 Å². The topological polar surface area (TPSA) is 20.2 Å². The Balaban J connectivity index is 1.48. The minimum Gasteiger partial charge on any atom is -0.507 e. The summed E-state index contributed by atoms with van der Waals surface area (Å²) in [5.74, 6) is 0.324. The second-order valence-corrected chi connectivity index (χ2v) is 10.6. The molecular formula is C37H26O. The van der Waals surface area contributed by atoms with Gasteiger partial charge in [0, 0.05) is 5.39 Å². The van der Waals surface area contributed by atoms with Crippen molar-refractivity contribution in [3.8, 4) is 50.3 Å². The first-order valence-corrected chi connectivity index (χ1v) is 13.4. The third-order valence-corrected chi connectivity index (χ3v) is 8.70. The Labute approximate surface area is 222 Å². The molecule has 0 unspecified atom stereocenters. The molecule has 0 amide bonds. The molecule has 6 aromatic carbocycles. The molecule has 0 radical (unpaired) electrons. The van der Waals surface area contributed by atoms with Crippen molar-refractivity contribution < 1.29 is 5.11 Å². The monoisotopic (exact) mass is 486 g/mol. The molecule has 0 spiro atoms. The smallest absolute Gasteiger partial charge is 0.123 e. The van der Waals surface area contributed by atoms with Crippen LogP contribution in [0, 0.1) is 6.92 Å². The van der Waals surface area contributed by atoms with Gasteiger partial charge in [0.1, 0.15) is 5.75 Å². The lowest BCUT2D eigenvalue weighted by Gasteiger charge is -2.21. The van der Waals surface area contributed by atoms with Gasteiger partial charge in [-0.05, 0) is 110 Å². The van der Waals surface area contributed by atoms with Gasteiger partial charge in [0.2, 0.25) is 0 Å². The zero-order valence-electron chi connectivity index (χ0n) is 21.3. The maximum atomic E-state index is 10.7. The van der Waals surface area contributed by atoms with Gasteiger partial charge in [-0.25, -0.2) is 0 Å². The van der Waals surface area contributed by atoms with Gasteiger partial charge >= 0.3 is 0 Å². The van der Waals surface area contributed by atoms with E-state index in [1.54, 1.807) is 0 Å². The summed E-state index contributed by atoms with van der Waals surface area (Å²) >= 11 is 0. The number of phenols is 1. The lowest BCUT2D eigenvalue weighted by atomic mass is 9.82. The molecule has 0 saturated carbocycles. The van der Waals surface area contributed by atoms with Gasteiger partial charge in [0.25, 0.3) is 0 Å². The zero-order valence-corrected chi connectivity index (χ0v) is 21.3. The highest BCUT2D eigenvalue weighted by molar-refractivity contribution is 6.06. The van der Waals surface area contributed by atoms with Crippen LogP contribution < -0.4 is 0 Å². The van der Waals surface area contributed by atoms with E-state index in [1.807, 2.05) is 18.2 Å². The average molecular weight is 487 g/mol. The third-order valence-electron chi connectivity index (χ3n) is 8.70. The minimum atomic E-state index is 0.324. The van der Waals surface area contributed by atoms with Crippen molar-refractivity contribution in [1.82, 2.24) is 0 Å². The molecule has 38 heavy (non-hydrogen) atoms. The van der Waals surface area contributed by atoms with E-state index in [1.165, 1.54) is 66.8 Å². The van der Waals surface area contributed by atoms with E-state index in [9.17, 15) is 5.11 Å². The van der Waals surface area contributed by atoms with Crippen molar-refractivity contribution in [2.45, 2.75) is 19.8 Å². The number of hydrogen-bond acceptors (Lipinski definition) is 1. The Hall–Kier alpha value is -4.62. The molecule has 2 aliphatic carbocycles. The van der Waals surface area contributed by atoms with Crippen LogP contribution in [-0.2, 0) is 12.8 Å². The van der Waals surface area contributed by atoms with Gasteiger partial charge in [-0.3, -0.25) is 0 Å². The summed E-state index contributed by atoms with van der Waals surface area (Å²) in [5, 5.41) is 12.7. The predicted octanol–water partition coefficient (Wildman–Crippen LogP) is 9.33. The summed E-state index contributed by atoms with van der Waals surface area (Å²) < 4.78 is 0. The molecule has 8 rings (SSSR count). The molecule has 0 bridgehead atoms. The molecule has 0 atom stereocenters. The van der Waals surface area contributed by atoms with E-state index in [0.29, 0.717) is 5.75 Å². The summed E-state index contributed by atoms with van der Waals surface area (Å²) in [6.07, 6.45) is 1.92. The van der Waals surface area contributed by atoms with E-state index < -0.39 is 0 Å². The van der Waals surface area contributed by atoms with Gasteiger partial charge in [-0.15, -0.1) is 0 Å². The molecule has 180 valence electrons. The maximum Gasteiger partial charge on any atom is 0.123 e. The zero-order chi connectivity index (χ0) is 25.4. The lowest BCUT2D eigenvalue weighted by Crippen LogP contribution is -1.99. The highest BCUT2D eigenvalue weighted by Crippen LogP contribution is 2.50. The van der Waals surface area contributed by atoms with Crippen LogP contribution in [0.2, 0.25) is 0 Å². The van der Waals surface area contributed by atoms with Crippen LogP contribution in [0.1, 0.15) is 27.8 Å².